The largest absolute Gasteiger partial charge is 0.395 e. The zero-order chi connectivity index (χ0) is 15.5. The van der Waals surface area contributed by atoms with Crippen LogP contribution in [0.1, 0.15) is 12.8 Å². The molecule has 2 N–H and O–H groups in total. The van der Waals surface area contributed by atoms with Gasteiger partial charge >= 0.3 is 0 Å². The molecule has 1 atom stereocenters. The third-order valence-electron chi connectivity index (χ3n) is 3.47. The fourth-order valence-electron chi connectivity index (χ4n) is 2.40. The maximum absolute atomic E-state index is 12.7. The maximum Gasteiger partial charge on any atom is 0.244 e. The van der Waals surface area contributed by atoms with Gasteiger partial charge < -0.3 is 10.4 Å². The Bertz CT molecular complexity index is 589. The minimum atomic E-state index is -3.79. The molecule has 1 aliphatic heterocycles. The van der Waals surface area contributed by atoms with Gasteiger partial charge in [0.15, 0.2) is 0 Å². The molecule has 1 fully saturated rings. The highest BCUT2D eigenvalue weighted by atomic mass is 35.5. The number of nitrogens with zero attached hydrogens (tertiary/aromatic N) is 1. The molecule has 1 heterocycles. The number of aliphatic hydroxyl groups is 1. The summed E-state index contributed by atoms with van der Waals surface area (Å²) in [4.78, 5) is -0.0249. The van der Waals surface area contributed by atoms with Crippen molar-refractivity contribution in [2.75, 3.05) is 26.2 Å². The van der Waals surface area contributed by atoms with Gasteiger partial charge in [-0.05, 0) is 31.5 Å². The lowest BCUT2D eigenvalue weighted by atomic mass is 10.2. The summed E-state index contributed by atoms with van der Waals surface area (Å²) in [5.74, 6) is 0. The van der Waals surface area contributed by atoms with Crippen molar-refractivity contribution >= 4 is 33.2 Å². The van der Waals surface area contributed by atoms with Gasteiger partial charge in [-0.15, -0.1) is 0 Å². The molecule has 1 saturated heterocycles. The van der Waals surface area contributed by atoms with Gasteiger partial charge in [-0.2, -0.15) is 4.31 Å². The number of sulfonamides is 1. The molecule has 1 unspecified atom stereocenters. The van der Waals surface area contributed by atoms with E-state index in [2.05, 4.69) is 5.32 Å². The molecule has 0 spiro atoms. The summed E-state index contributed by atoms with van der Waals surface area (Å²) in [6, 6.07) is 4.61. The van der Waals surface area contributed by atoms with Gasteiger partial charge in [0, 0.05) is 19.1 Å². The molecule has 5 nitrogen and oxygen atoms in total. The van der Waals surface area contributed by atoms with Crippen molar-refractivity contribution in [2.24, 2.45) is 0 Å². The minimum absolute atomic E-state index is 0.0153. The van der Waals surface area contributed by atoms with Crippen LogP contribution < -0.4 is 5.32 Å². The van der Waals surface area contributed by atoms with E-state index in [9.17, 15) is 8.42 Å². The van der Waals surface area contributed by atoms with Crippen molar-refractivity contribution in [2.45, 2.75) is 23.8 Å². The third kappa shape index (κ3) is 3.88. The number of rotatable bonds is 6. The quantitative estimate of drug-likeness (QED) is 0.817. The van der Waals surface area contributed by atoms with E-state index < -0.39 is 10.0 Å². The van der Waals surface area contributed by atoms with Crippen LogP contribution in [0.25, 0.3) is 0 Å². The Hall–Kier alpha value is -0.370. The second-order valence-electron chi connectivity index (χ2n) is 4.93. The Morgan fingerprint density at radius 1 is 1.38 bits per heavy atom. The minimum Gasteiger partial charge on any atom is -0.395 e. The van der Waals surface area contributed by atoms with E-state index in [-0.39, 0.29) is 34.1 Å². The highest BCUT2D eigenvalue weighted by Gasteiger charge is 2.30. The van der Waals surface area contributed by atoms with E-state index >= 15 is 0 Å². The molecule has 0 aromatic heterocycles. The van der Waals surface area contributed by atoms with Crippen molar-refractivity contribution in [3.8, 4) is 0 Å². The molecule has 1 aromatic carbocycles. The first kappa shape index (κ1) is 17.0. The topological polar surface area (TPSA) is 69.6 Å². The van der Waals surface area contributed by atoms with Gasteiger partial charge in [0.05, 0.1) is 16.7 Å². The molecule has 0 amide bonds. The summed E-state index contributed by atoms with van der Waals surface area (Å²) < 4.78 is 26.7. The predicted octanol–water partition coefficient (Wildman–Crippen LogP) is 1.73. The molecule has 0 radical (unpaired) electrons. The van der Waals surface area contributed by atoms with Crippen LogP contribution in [-0.2, 0) is 10.0 Å². The Morgan fingerprint density at radius 3 is 2.76 bits per heavy atom. The number of hydrogen-bond acceptors (Lipinski definition) is 4. The number of aliphatic hydroxyl groups excluding tert-OH is 1. The van der Waals surface area contributed by atoms with Gasteiger partial charge in [-0.1, -0.05) is 29.3 Å². The molecule has 0 bridgehead atoms. The van der Waals surface area contributed by atoms with Gasteiger partial charge in [-0.25, -0.2) is 8.42 Å². The lowest BCUT2D eigenvalue weighted by molar-refractivity contribution is 0.246. The highest BCUT2D eigenvalue weighted by Crippen LogP contribution is 2.31. The fraction of sp³-hybridized carbons (Fsp3) is 0.538. The SMILES string of the molecule is O=S(=O)(c1cccc(Cl)c1Cl)N(CCO)CC1CCCN1. The Kier molecular flexibility index (Phi) is 5.88. The Balaban J connectivity index is 2.30. The second kappa shape index (κ2) is 7.26. The third-order valence-corrected chi connectivity index (χ3v) is 6.31. The van der Waals surface area contributed by atoms with Crippen LogP contribution in [0, 0.1) is 0 Å². The van der Waals surface area contributed by atoms with Crippen LogP contribution in [0.2, 0.25) is 10.0 Å². The first-order valence-corrected chi connectivity index (χ1v) is 8.95. The van der Waals surface area contributed by atoms with Crippen LogP contribution in [-0.4, -0.2) is 50.1 Å². The zero-order valence-corrected chi connectivity index (χ0v) is 13.8. The van der Waals surface area contributed by atoms with Crippen LogP contribution in [0.4, 0.5) is 0 Å². The molecular weight excluding hydrogens is 335 g/mol. The highest BCUT2D eigenvalue weighted by molar-refractivity contribution is 7.89. The molecular formula is C13H18Cl2N2O3S. The van der Waals surface area contributed by atoms with E-state index in [1.807, 2.05) is 0 Å². The lowest BCUT2D eigenvalue weighted by Gasteiger charge is -2.25. The van der Waals surface area contributed by atoms with Gasteiger partial charge in [0.2, 0.25) is 10.0 Å². The summed E-state index contributed by atoms with van der Waals surface area (Å²) in [7, 11) is -3.79. The van der Waals surface area contributed by atoms with Crippen molar-refractivity contribution in [3.05, 3.63) is 28.2 Å². The second-order valence-corrected chi connectivity index (χ2v) is 7.62. The number of benzene rings is 1. The van der Waals surface area contributed by atoms with Crippen LogP contribution >= 0.6 is 23.2 Å². The van der Waals surface area contributed by atoms with Crippen LogP contribution in [0.3, 0.4) is 0 Å². The molecule has 21 heavy (non-hydrogen) atoms. The summed E-state index contributed by atoms with van der Waals surface area (Å²) >= 11 is 11.9. The Labute approximate surface area is 134 Å². The van der Waals surface area contributed by atoms with Crippen molar-refractivity contribution in [1.29, 1.82) is 0 Å². The average molecular weight is 353 g/mol. The number of hydrogen-bond donors (Lipinski definition) is 2. The summed E-state index contributed by atoms with van der Waals surface area (Å²) in [5.41, 5.74) is 0. The van der Waals surface area contributed by atoms with Gasteiger partial charge in [-0.3, -0.25) is 0 Å². The van der Waals surface area contributed by atoms with Gasteiger partial charge in [0.25, 0.3) is 0 Å². The van der Waals surface area contributed by atoms with Crippen molar-refractivity contribution < 1.29 is 13.5 Å². The predicted molar refractivity (Wildman–Crippen MR) is 83.3 cm³/mol. The van der Waals surface area contributed by atoms with E-state index in [1.165, 1.54) is 16.4 Å². The normalized spacial score (nSPS) is 19.3. The van der Waals surface area contributed by atoms with Crippen molar-refractivity contribution in [3.63, 3.8) is 0 Å². The van der Waals surface area contributed by atoms with E-state index in [0.29, 0.717) is 6.54 Å². The molecule has 0 saturated carbocycles. The van der Waals surface area contributed by atoms with Crippen LogP contribution in [0.15, 0.2) is 23.1 Å². The van der Waals surface area contributed by atoms with Gasteiger partial charge in [0.1, 0.15) is 4.90 Å². The maximum atomic E-state index is 12.7. The molecule has 2 rings (SSSR count). The summed E-state index contributed by atoms with van der Waals surface area (Å²) in [5, 5.41) is 12.6. The first-order valence-electron chi connectivity index (χ1n) is 6.75. The molecule has 1 aromatic rings. The monoisotopic (exact) mass is 352 g/mol. The van der Waals surface area contributed by atoms with E-state index in [4.69, 9.17) is 28.3 Å². The van der Waals surface area contributed by atoms with E-state index in [0.717, 1.165) is 19.4 Å². The zero-order valence-electron chi connectivity index (χ0n) is 11.4. The van der Waals surface area contributed by atoms with Crippen molar-refractivity contribution in [1.82, 2.24) is 9.62 Å². The smallest absolute Gasteiger partial charge is 0.244 e. The fourth-order valence-corrected chi connectivity index (χ4v) is 4.61. The first-order chi connectivity index (χ1) is 9.96. The molecule has 1 aliphatic rings. The average Bonchev–Trinajstić information content (AvgIpc) is 2.94. The lowest BCUT2D eigenvalue weighted by Crippen LogP contribution is -2.42. The number of nitrogens with one attached hydrogen (secondary N) is 1. The molecule has 8 heteroatoms. The summed E-state index contributed by atoms with van der Waals surface area (Å²) in [6.07, 6.45) is 1.94. The number of halogens is 2. The molecule has 0 aliphatic carbocycles. The Morgan fingerprint density at radius 2 is 2.14 bits per heavy atom. The van der Waals surface area contributed by atoms with Crippen LogP contribution in [0.5, 0.6) is 0 Å². The molecule has 118 valence electrons. The standard InChI is InChI=1S/C13H18Cl2N2O3S/c14-11-4-1-5-12(13(11)15)21(19,20)17(7-8-18)9-10-3-2-6-16-10/h1,4-5,10,16,18H,2-3,6-9H2. The van der Waals surface area contributed by atoms with E-state index in [1.54, 1.807) is 6.07 Å². The summed E-state index contributed by atoms with van der Waals surface area (Å²) in [6.45, 7) is 0.981.